The van der Waals surface area contributed by atoms with Gasteiger partial charge >= 0.3 is 0 Å². The number of rotatable bonds is 3. The van der Waals surface area contributed by atoms with Crippen LogP contribution in [0, 0.1) is 17.5 Å². The molecule has 1 saturated heterocycles. The highest BCUT2D eigenvalue weighted by atomic mass is 32.2. The summed E-state index contributed by atoms with van der Waals surface area (Å²) in [5.74, 6) is -3.40. The maximum atomic E-state index is 14.1. The van der Waals surface area contributed by atoms with Crippen LogP contribution in [0.25, 0.3) is 0 Å². The smallest absolute Gasteiger partial charge is 0.228 e. The predicted molar refractivity (Wildman–Crippen MR) is 92.7 cm³/mol. The van der Waals surface area contributed by atoms with Gasteiger partial charge in [0.15, 0.2) is 9.84 Å². The molecule has 1 atom stereocenters. The maximum absolute atomic E-state index is 14.1. The first kappa shape index (κ1) is 19.8. The second kappa shape index (κ2) is 7.25. The van der Waals surface area contributed by atoms with Gasteiger partial charge in [0.05, 0.1) is 11.0 Å². The van der Waals surface area contributed by atoms with Crippen LogP contribution in [0.15, 0.2) is 47.4 Å². The van der Waals surface area contributed by atoms with Crippen molar-refractivity contribution in [2.24, 2.45) is 0 Å². The van der Waals surface area contributed by atoms with Gasteiger partial charge in [-0.3, -0.25) is 0 Å². The van der Waals surface area contributed by atoms with Crippen LogP contribution in [0.3, 0.4) is 0 Å². The zero-order chi connectivity index (χ0) is 19.8. The number of hydrogen-bond donors (Lipinski definition) is 0. The minimum absolute atomic E-state index is 0.0234. The molecule has 1 unspecified atom stereocenters. The van der Waals surface area contributed by atoms with E-state index in [2.05, 4.69) is 0 Å². The molecule has 27 heavy (non-hydrogen) atoms. The lowest BCUT2D eigenvalue weighted by atomic mass is 10.1. The van der Waals surface area contributed by atoms with Gasteiger partial charge in [0.25, 0.3) is 0 Å². The first-order valence-electron chi connectivity index (χ1n) is 8.04. The minimum atomic E-state index is -4.37. The summed E-state index contributed by atoms with van der Waals surface area (Å²) < 4.78 is 92.4. The molecule has 0 saturated carbocycles. The fourth-order valence-corrected chi connectivity index (χ4v) is 6.49. The minimum Gasteiger partial charge on any atom is -0.228 e. The molecule has 0 aromatic heterocycles. The average molecular weight is 419 g/mol. The van der Waals surface area contributed by atoms with E-state index in [0.717, 1.165) is 22.5 Å². The lowest BCUT2D eigenvalue weighted by Gasteiger charge is -2.20. The quantitative estimate of drug-likeness (QED) is 0.767. The van der Waals surface area contributed by atoms with Gasteiger partial charge in [-0.15, -0.1) is 0 Å². The lowest BCUT2D eigenvalue weighted by molar-refractivity contribution is 0.422. The molecule has 5 nitrogen and oxygen atoms in total. The van der Waals surface area contributed by atoms with E-state index in [-0.39, 0.29) is 18.5 Å². The first-order valence-corrected chi connectivity index (χ1v) is 11.2. The molecule has 146 valence electrons. The van der Waals surface area contributed by atoms with Crippen molar-refractivity contribution in [1.82, 2.24) is 4.31 Å². The van der Waals surface area contributed by atoms with Crippen molar-refractivity contribution >= 4 is 19.9 Å². The number of sulfonamides is 1. The lowest BCUT2D eigenvalue weighted by Crippen LogP contribution is -2.34. The molecular formula is C17H16F3NO4S2. The molecule has 2 aromatic carbocycles. The van der Waals surface area contributed by atoms with Crippen LogP contribution in [-0.4, -0.2) is 40.0 Å². The first-order chi connectivity index (χ1) is 12.6. The third-order valence-corrected chi connectivity index (χ3v) is 8.50. The summed E-state index contributed by atoms with van der Waals surface area (Å²) in [5, 5.41) is -1.20. The Labute approximate surface area is 155 Å². The van der Waals surface area contributed by atoms with Crippen molar-refractivity contribution < 1.29 is 30.0 Å². The summed E-state index contributed by atoms with van der Waals surface area (Å²) in [5.41, 5.74) is -0.0234. The predicted octanol–water partition coefficient (Wildman–Crippen LogP) is 2.65. The second-order valence-electron chi connectivity index (χ2n) is 6.14. The third kappa shape index (κ3) is 3.87. The Morgan fingerprint density at radius 3 is 2.33 bits per heavy atom. The van der Waals surface area contributed by atoms with E-state index in [1.165, 1.54) is 18.2 Å². The summed E-state index contributed by atoms with van der Waals surface area (Å²) in [4.78, 5) is -0.731. The van der Waals surface area contributed by atoms with Crippen LogP contribution in [0.2, 0.25) is 0 Å². The number of halogens is 3. The Hall–Kier alpha value is -1.91. The molecule has 1 aliphatic rings. The maximum Gasteiger partial charge on any atom is 0.246 e. The fourth-order valence-electron chi connectivity index (χ4n) is 3.07. The number of sulfone groups is 1. The Morgan fingerprint density at radius 1 is 0.963 bits per heavy atom. The molecule has 1 aliphatic heterocycles. The van der Waals surface area contributed by atoms with Crippen LogP contribution < -0.4 is 0 Å². The summed E-state index contributed by atoms with van der Waals surface area (Å²) in [6.07, 6.45) is -0.175. The van der Waals surface area contributed by atoms with Gasteiger partial charge in [0.1, 0.15) is 22.3 Å². The zero-order valence-electron chi connectivity index (χ0n) is 14.0. The molecule has 0 bridgehead atoms. The molecule has 3 rings (SSSR count). The van der Waals surface area contributed by atoms with Crippen molar-refractivity contribution in [3.63, 3.8) is 0 Å². The molecule has 1 fully saturated rings. The van der Waals surface area contributed by atoms with Crippen molar-refractivity contribution in [3.05, 3.63) is 65.5 Å². The average Bonchev–Trinajstić information content (AvgIpc) is 2.73. The van der Waals surface area contributed by atoms with Crippen LogP contribution in [0.5, 0.6) is 0 Å². The van der Waals surface area contributed by atoms with E-state index in [0.29, 0.717) is 6.07 Å². The summed E-state index contributed by atoms with van der Waals surface area (Å²) in [7, 11) is -8.19. The Bertz CT molecular complexity index is 1070. The molecule has 2 aromatic rings. The van der Waals surface area contributed by atoms with Gasteiger partial charge in [-0.2, -0.15) is 4.31 Å². The molecule has 0 aliphatic carbocycles. The van der Waals surface area contributed by atoms with Gasteiger partial charge in [-0.05, 0) is 24.6 Å². The summed E-state index contributed by atoms with van der Waals surface area (Å²) in [6, 6.07) is 7.47. The van der Waals surface area contributed by atoms with E-state index in [9.17, 15) is 30.0 Å². The highest BCUT2D eigenvalue weighted by molar-refractivity contribution is 7.92. The van der Waals surface area contributed by atoms with E-state index >= 15 is 0 Å². The van der Waals surface area contributed by atoms with E-state index in [1.54, 1.807) is 0 Å². The van der Waals surface area contributed by atoms with Crippen LogP contribution in [-0.2, 0) is 19.9 Å². The number of benzene rings is 2. The standard InChI is InChI=1S/C17H16F3NO4S2/c18-12-5-6-17(15(20)11-12)27(24,25)21-8-7-16(26(22,23)10-9-21)13-3-1-2-4-14(13)19/h1-6,11,16H,7-10H2. The number of nitrogens with zero attached hydrogens (tertiary/aromatic N) is 1. The Kier molecular flexibility index (Phi) is 5.33. The van der Waals surface area contributed by atoms with Gasteiger partial charge in [0, 0.05) is 24.7 Å². The normalized spacial score (nSPS) is 20.9. The van der Waals surface area contributed by atoms with Crippen LogP contribution in [0.1, 0.15) is 17.2 Å². The van der Waals surface area contributed by atoms with Gasteiger partial charge < -0.3 is 0 Å². The van der Waals surface area contributed by atoms with Crippen molar-refractivity contribution in [1.29, 1.82) is 0 Å². The largest absolute Gasteiger partial charge is 0.246 e. The van der Waals surface area contributed by atoms with E-state index in [1.807, 2.05) is 0 Å². The van der Waals surface area contributed by atoms with Crippen LogP contribution >= 0.6 is 0 Å². The van der Waals surface area contributed by atoms with Crippen molar-refractivity contribution in [2.75, 3.05) is 18.8 Å². The number of hydrogen-bond acceptors (Lipinski definition) is 4. The molecule has 0 radical (unpaired) electrons. The highest BCUT2D eigenvalue weighted by Gasteiger charge is 2.37. The topological polar surface area (TPSA) is 71.5 Å². The van der Waals surface area contributed by atoms with Crippen LogP contribution in [0.4, 0.5) is 13.2 Å². The molecule has 0 amide bonds. The third-order valence-electron chi connectivity index (χ3n) is 4.46. The Morgan fingerprint density at radius 2 is 1.67 bits per heavy atom. The molecule has 10 heteroatoms. The fraction of sp³-hybridized carbons (Fsp3) is 0.294. The van der Waals surface area contributed by atoms with E-state index < -0.39 is 59.8 Å². The molecular weight excluding hydrogens is 403 g/mol. The van der Waals surface area contributed by atoms with Gasteiger partial charge in [0.2, 0.25) is 10.0 Å². The highest BCUT2D eigenvalue weighted by Crippen LogP contribution is 2.33. The Balaban J connectivity index is 1.94. The summed E-state index contributed by atoms with van der Waals surface area (Å²) >= 11 is 0. The molecule has 1 heterocycles. The van der Waals surface area contributed by atoms with Crippen molar-refractivity contribution in [2.45, 2.75) is 16.6 Å². The second-order valence-corrected chi connectivity index (χ2v) is 10.4. The molecule has 0 spiro atoms. The zero-order valence-corrected chi connectivity index (χ0v) is 15.6. The van der Waals surface area contributed by atoms with Crippen molar-refractivity contribution in [3.8, 4) is 0 Å². The van der Waals surface area contributed by atoms with Gasteiger partial charge in [-0.1, -0.05) is 18.2 Å². The molecule has 0 N–H and O–H groups in total. The summed E-state index contributed by atoms with van der Waals surface area (Å²) in [6.45, 7) is -0.635. The monoisotopic (exact) mass is 419 g/mol. The SMILES string of the molecule is O=S1(=O)CCN(S(=O)(=O)c2ccc(F)cc2F)CCC1c1ccccc1F. The van der Waals surface area contributed by atoms with E-state index in [4.69, 9.17) is 0 Å². The van der Waals surface area contributed by atoms with Gasteiger partial charge in [-0.25, -0.2) is 30.0 Å².